The molecule has 0 aromatic heterocycles. The Morgan fingerprint density at radius 3 is 1.77 bits per heavy atom. The molecule has 11 nitrogen and oxygen atoms in total. The van der Waals surface area contributed by atoms with Gasteiger partial charge in [-0.15, -0.1) is 6.42 Å². The molecule has 0 bridgehead atoms. The number of carbonyl (C=O) groups excluding carboxylic acids is 4. The lowest BCUT2D eigenvalue weighted by Gasteiger charge is -2.44. The molecule has 1 aliphatic rings. The molecule has 1 fully saturated rings. The highest BCUT2D eigenvalue weighted by Crippen LogP contribution is 2.31. The minimum Gasteiger partial charge on any atom is -0.463 e. The molecule has 1 aliphatic heterocycles. The van der Waals surface area contributed by atoms with Gasteiger partial charge in [0.2, 0.25) is 0 Å². The summed E-state index contributed by atoms with van der Waals surface area (Å²) in [5, 5.41) is 0. The van der Waals surface area contributed by atoms with Crippen LogP contribution in [0.2, 0.25) is 0 Å². The first-order chi connectivity index (χ1) is 18.7. The smallest absolute Gasteiger partial charge is 0.306 e. The van der Waals surface area contributed by atoms with Crippen molar-refractivity contribution in [3.8, 4) is 12.3 Å². The van der Waals surface area contributed by atoms with Crippen LogP contribution in [0.15, 0.2) is 0 Å². The van der Waals surface area contributed by atoms with Crippen molar-refractivity contribution < 1.29 is 47.6 Å². The molecule has 0 spiro atoms. The lowest BCUT2D eigenvalue weighted by atomic mass is 9.98. The highest BCUT2D eigenvalue weighted by molar-refractivity contribution is 5.72. The van der Waals surface area contributed by atoms with Crippen molar-refractivity contribution in [2.24, 2.45) is 0 Å². The van der Waals surface area contributed by atoms with E-state index in [-0.39, 0.29) is 38.9 Å². The van der Waals surface area contributed by atoms with E-state index in [1.165, 1.54) is 0 Å². The van der Waals surface area contributed by atoms with E-state index in [0.717, 1.165) is 0 Å². The third-order valence-electron chi connectivity index (χ3n) is 5.74. The van der Waals surface area contributed by atoms with E-state index in [4.69, 9.17) is 34.8 Å². The van der Waals surface area contributed by atoms with Gasteiger partial charge in [0.05, 0.1) is 13.2 Å². The van der Waals surface area contributed by atoms with Crippen LogP contribution in [-0.2, 0) is 47.6 Å². The van der Waals surface area contributed by atoms with E-state index in [1.54, 1.807) is 0 Å². The minimum absolute atomic E-state index is 0.0984. The normalized spacial score (nSPS) is 22.5. The van der Waals surface area contributed by atoms with E-state index in [9.17, 15) is 19.2 Å². The molecule has 1 heterocycles. The molecule has 0 radical (unpaired) electrons. The summed E-state index contributed by atoms with van der Waals surface area (Å²) in [7, 11) is 1.82. The number of carbonyl (C=O) groups is 4. The number of rotatable bonds is 18. The van der Waals surface area contributed by atoms with Gasteiger partial charge in [-0.25, -0.2) is 0 Å². The molecule has 0 N–H and O–H groups in total. The van der Waals surface area contributed by atoms with Gasteiger partial charge in [-0.3, -0.25) is 24.1 Å². The molecule has 0 saturated carbocycles. The maximum atomic E-state index is 12.7. The molecule has 5 atom stereocenters. The van der Waals surface area contributed by atoms with Crippen LogP contribution in [0, 0.1) is 12.3 Å². The van der Waals surface area contributed by atoms with Gasteiger partial charge in [-0.2, -0.15) is 0 Å². The Labute approximate surface area is 232 Å². The summed E-state index contributed by atoms with van der Waals surface area (Å²) in [4.78, 5) is 51.8. The Kier molecular flexibility index (Phi) is 17.1. The Hall–Kier alpha value is -2.68. The van der Waals surface area contributed by atoms with Crippen molar-refractivity contribution in [2.45, 2.75) is 110 Å². The molecule has 0 unspecified atom stereocenters. The highest BCUT2D eigenvalue weighted by atomic mass is 16.7. The summed E-state index contributed by atoms with van der Waals surface area (Å²) >= 11 is 0. The number of terminal acetylenes is 1. The summed E-state index contributed by atoms with van der Waals surface area (Å²) < 4.78 is 34.7. The molecule has 0 amide bonds. The lowest BCUT2D eigenvalue weighted by Crippen LogP contribution is -2.63. The van der Waals surface area contributed by atoms with Crippen molar-refractivity contribution in [2.75, 3.05) is 33.4 Å². The van der Waals surface area contributed by atoms with Crippen molar-refractivity contribution in [3.63, 3.8) is 0 Å². The zero-order valence-electron chi connectivity index (χ0n) is 24.0. The molecule has 39 heavy (non-hydrogen) atoms. The Balaban J connectivity index is 3.39. The maximum Gasteiger partial charge on any atom is 0.306 e. The van der Waals surface area contributed by atoms with Crippen LogP contribution < -0.4 is 0 Å². The van der Waals surface area contributed by atoms with Crippen LogP contribution in [0.25, 0.3) is 0 Å². The minimum atomic E-state index is -1.25. The van der Waals surface area contributed by atoms with E-state index in [2.05, 4.69) is 5.92 Å². The molecule has 0 aliphatic carbocycles. The van der Waals surface area contributed by atoms with Crippen LogP contribution in [0.4, 0.5) is 0 Å². The second kappa shape index (κ2) is 19.4. The van der Waals surface area contributed by atoms with E-state index in [0.29, 0.717) is 38.8 Å². The highest BCUT2D eigenvalue weighted by Gasteiger charge is 2.53. The number of nitrogens with zero attached hydrogens (tertiary/aromatic N) is 1. The van der Waals surface area contributed by atoms with Gasteiger partial charge < -0.3 is 28.4 Å². The van der Waals surface area contributed by atoms with Gasteiger partial charge in [0.25, 0.3) is 0 Å². The fourth-order valence-corrected chi connectivity index (χ4v) is 3.80. The molecule has 0 aromatic rings. The molecular formula is C28H45NO10. The monoisotopic (exact) mass is 555 g/mol. The lowest BCUT2D eigenvalue weighted by molar-refractivity contribution is -0.309. The third kappa shape index (κ3) is 12.8. The van der Waals surface area contributed by atoms with Gasteiger partial charge in [-0.05, 0) is 32.7 Å². The van der Waals surface area contributed by atoms with Crippen molar-refractivity contribution in [1.82, 2.24) is 4.90 Å². The quantitative estimate of drug-likeness (QED) is 0.141. The van der Waals surface area contributed by atoms with Gasteiger partial charge in [0.15, 0.2) is 24.6 Å². The first-order valence-corrected chi connectivity index (χ1v) is 13.8. The number of hydrogen-bond acceptors (Lipinski definition) is 11. The number of esters is 4. The van der Waals surface area contributed by atoms with E-state index >= 15 is 0 Å². The average Bonchev–Trinajstić information content (AvgIpc) is 2.87. The van der Waals surface area contributed by atoms with Crippen LogP contribution in [0.1, 0.15) is 79.1 Å². The van der Waals surface area contributed by atoms with Crippen molar-refractivity contribution in [3.05, 3.63) is 0 Å². The average molecular weight is 556 g/mol. The summed E-state index contributed by atoms with van der Waals surface area (Å²) in [6, 6.07) is 0. The van der Waals surface area contributed by atoms with E-state index < -0.39 is 54.6 Å². The second-order valence-corrected chi connectivity index (χ2v) is 9.40. The standard InChI is InChI=1S/C28H45NO10/c1-7-12-21(30)35-19-20-25(37-22(31)13-8-2)26(38-23(32)14-9-3)27(39-24(33)15-10-4)28(36-20)34-18-17-29(6)16-11-5/h5,20,25-28H,7-10,12-19H2,1-4,6H3/t20-,25-,26+,27-,28-/m1/s1. The number of ether oxygens (including phenoxy) is 6. The summed E-state index contributed by atoms with van der Waals surface area (Å²) in [6.45, 7) is 7.99. The molecule has 222 valence electrons. The third-order valence-corrected chi connectivity index (χ3v) is 5.74. The van der Waals surface area contributed by atoms with E-state index in [1.807, 2.05) is 39.6 Å². The van der Waals surface area contributed by atoms with Crippen LogP contribution in [0.3, 0.4) is 0 Å². The predicted octanol–water partition coefficient (Wildman–Crippen LogP) is 2.77. The van der Waals surface area contributed by atoms with Crippen molar-refractivity contribution >= 4 is 23.9 Å². The first-order valence-electron chi connectivity index (χ1n) is 13.8. The summed E-state index contributed by atoms with van der Waals surface area (Å²) in [5.41, 5.74) is 0. The number of hydrogen-bond donors (Lipinski definition) is 0. The van der Waals surface area contributed by atoms with Gasteiger partial charge in [0, 0.05) is 32.2 Å². The molecule has 1 saturated heterocycles. The Morgan fingerprint density at radius 1 is 0.769 bits per heavy atom. The zero-order valence-corrected chi connectivity index (χ0v) is 24.0. The molecule has 0 aromatic carbocycles. The fraction of sp³-hybridized carbons (Fsp3) is 0.786. The Bertz CT molecular complexity index is 811. The fourth-order valence-electron chi connectivity index (χ4n) is 3.80. The van der Waals surface area contributed by atoms with Crippen molar-refractivity contribution in [1.29, 1.82) is 0 Å². The van der Waals surface area contributed by atoms with Crippen LogP contribution >= 0.6 is 0 Å². The largest absolute Gasteiger partial charge is 0.463 e. The first kappa shape index (κ1) is 34.3. The number of likely N-dealkylation sites (N-methyl/N-ethyl adjacent to an activating group) is 1. The van der Waals surface area contributed by atoms with Crippen LogP contribution in [-0.4, -0.2) is 92.8 Å². The summed E-state index contributed by atoms with van der Waals surface area (Å²) in [6.07, 6.45) is 2.11. The molecule has 11 heteroatoms. The summed E-state index contributed by atoms with van der Waals surface area (Å²) in [5.74, 6) is 0.419. The van der Waals surface area contributed by atoms with Crippen LogP contribution in [0.5, 0.6) is 0 Å². The zero-order chi connectivity index (χ0) is 29.2. The van der Waals surface area contributed by atoms with Gasteiger partial charge in [-0.1, -0.05) is 33.6 Å². The predicted molar refractivity (Wildman–Crippen MR) is 141 cm³/mol. The maximum absolute atomic E-state index is 12.7. The molecular weight excluding hydrogens is 510 g/mol. The second-order valence-electron chi connectivity index (χ2n) is 9.40. The topological polar surface area (TPSA) is 127 Å². The Morgan fingerprint density at radius 2 is 1.26 bits per heavy atom. The molecule has 1 rings (SSSR count). The SMILES string of the molecule is C#CCN(C)CCO[C@@H]1O[C@H](COC(=O)CCC)[C@@H](OC(=O)CCC)[C@H](OC(=O)CCC)[C@H]1OC(=O)CCC. The van der Waals surface area contributed by atoms with Gasteiger partial charge in [0.1, 0.15) is 12.7 Å². The van der Waals surface area contributed by atoms with Gasteiger partial charge >= 0.3 is 23.9 Å².